The minimum absolute atomic E-state index is 0.203. The van der Waals surface area contributed by atoms with Crippen LogP contribution in [0.25, 0.3) is 0 Å². The Bertz CT molecular complexity index is 1470. The zero-order valence-corrected chi connectivity index (χ0v) is 38.7. The second-order valence-electron chi connectivity index (χ2n) is 22.8. The molecular formula is C54H83FO6. The van der Waals surface area contributed by atoms with Gasteiger partial charge in [-0.1, -0.05) is 69.9 Å². The van der Waals surface area contributed by atoms with E-state index in [2.05, 4.69) is 19.1 Å². The van der Waals surface area contributed by atoms with Crippen LogP contribution in [0.5, 0.6) is 0 Å². The van der Waals surface area contributed by atoms with E-state index >= 15 is 0 Å². The van der Waals surface area contributed by atoms with Gasteiger partial charge in [-0.25, -0.2) is 14.0 Å². The summed E-state index contributed by atoms with van der Waals surface area (Å²) < 4.78 is 32.7. The first-order valence-corrected chi connectivity index (χ1v) is 25.9. The van der Waals surface area contributed by atoms with E-state index in [0.717, 1.165) is 53.3 Å². The lowest BCUT2D eigenvalue weighted by Crippen LogP contribution is -2.48. The summed E-state index contributed by atoms with van der Waals surface area (Å²) in [6.07, 6.45) is 35.3. The first-order valence-electron chi connectivity index (χ1n) is 25.9. The van der Waals surface area contributed by atoms with E-state index in [9.17, 15) is 14.0 Å². The topological polar surface area (TPSA) is 71.1 Å². The molecule has 7 heteroatoms. The van der Waals surface area contributed by atoms with Gasteiger partial charge in [-0.05, 0) is 212 Å². The van der Waals surface area contributed by atoms with Crippen molar-refractivity contribution in [3.05, 3.63) is 34.4 Å². The molecule has 1 atom stereocenters. The van der Waals surface area contributed by atoms with E-state index in [1.165, 1.54) is 180 Å². The summed E-state index contributed by atoms with van der Waals surface area (Å²) in [7, 11) is 0. The van der Waals surface area contributed by atoms with Crippen molar-refractivity contribution in [2.24, 2.45) is 46.3 Å². The summed E-state index contributed by atoms with van der Waals surface area (Å²) in [5, 5.41) is 0. The van der Waals surface area contributed by atoms with E-state index in [4.69, 9.17) is 18.9 Å². The van der Waals surface area contributed by atoms with Crippen LogP contribution in [-0.4, -0.2) is 44.9 Å². The number of hydrogen-bond donors (Lipinski definition) is 0. The molecule has 0 heterocycles. The van der Waals surface area contributed by atoms with Crippen molar-refractivity contribution in [2.45, 2.75) is 218 Å². The smallest absolute Gasteiger partial charge is 0.435 e. The van der Waals surface area contributed by atoms with Crippen LogP contribution in [0.15, 0.2) is 12.1 Å². The van der Waals surface area contributed by atoms with Crippen LogP contribution in [0.4, 0.5) is 14.0 Å². The predicted molar refractivity (Wildman–Crippen MR) is 241 cm³/mol. The van der Waals surface area contributed by atoms with Gasteiger partial charge < -0.3 is 18.9 Å². The highest BCUT2D eigenvalue weighted by Crippen LogP contribution is 2.61. The van der Waals surface area contributed by atoms with Gasteiger partial charge in [0.2, 0.25) is 0 Å². The number of alkyl halides is 1. The standard InChI is InChI=1S/C25H38.C15H23FO3.C14H22O3/c1-19-24(21-13-7-3-8-14-21)17-23(20-11-5-2-6-12-20)18-25(19)22-15-9-4-10-16-22;1-10(16)8-18-14(17)19-9-15-5-11-2-12(6-15)4-13(3-11)7-15;1-2-16-13(15)17-9-14-6-10-3-11(7-14)5-12(4-10)8-14/h17-18,20-22H,2-16H2,1H3;10-13H,2-9H2,1H3;10-12H,2-9H2,1H3. The molecule has 0 aromatic heterocycles. The van der Waals surface area contributed by atoms with E-state index < -0.39 is 18.5 Å². The van der Waals surface area contributed by atoms with Gasteiger partial charge in [-0.3, -0.25) is 0 Å². The highest BCUT2D eigenvalue weighted by molar-refractivity contribution is 5.60. The summed E-state index contributed by atoms with van der Waals surface area (Å²) in [6, 6.07) is 5.38. The Balaban J connectivity index is 0.000000129. The van der Waals surface area contributed by atoms with Gasteiger partial charge >= 0.3 is 12.3 Å². The van der Waals surface area contributed by atoms with Crippen LogP contribution in [0.2, 0.25) is 0 Å². The lowest BCUT2D eigenvalue weighted by Gasteiger charge is -2.56. The third kappa shape index (κ3) is 11.7. The zero-order chi connectivity index (χ0) is 42.4. The van der Waals surface area contributed by atoms with Crippen molar-refractivity contribution >= 4 is 12.3 Å². The Labute approximate surface area is 369 Å². The summed E-state index contributed by atoms with van der Waals surface area (Å²) >= 11 is 0. The second-order valence-corrected chi connectivity index (χ2v) is 22.8. The summed E-state index contributed by atoms with van der Waals surface area (Å²) in [6.45, 7) is 6.90. The van der Waals surface area contributed by atoms with Gasteiger partial charge in [0.15, 0.2) is 0 Å². The van der Waals surface area contributed by atoms with Crippen LogP contribution < -0.4 is 0 Å². The average Bonchev–Trinajstić information content (AvgIpc) is 3.25. The number of hydrogen-bond acceptors (Lipinski definition) is 6. The van der Waals surface area contributed by atoms with Gasteiger partial charge in [0.25, 0.3) is 0 Å². The van der Waals surface area contributed by atoms with Crippen molar-refractivity contribution in [3.8, 4) is 0 Å². The van der Waals surface area contributed by atoms with Crippen LogP contribution in [0.1, 0.15) is 227 Å². The number of carbonyl (C=O) groups is 2. The third-order valence-electron chi connectivity index (χ3n) is 17.7. The molecule has 61 heavy (non-hydrogen) atoms. The fraction of sp³-hybridized carbons (Fsp3) is 0.852. The van der Waals surface area contributed by atoms with Gasteiger partial charge in [0, 0.05) is 10.8 Å². The molecule has 11 fully saturated rings. The number of halogens is 1. The first-order chi connectivity index (χ1) is 29.6. The van der Waals surface area contributed by atoms with Gasteiger partial charge in [0.1, 0.15) is 26.0 Å². The molecule has 0 radical (unpaired) electrons. The summed E-state index contributed by atoms with van der Waals surface area (Å²) in [5.74, 6) is 7.84. The maximum absolute atomic E-state index is 12.6. The predicted octanol–water partition coefficient (Wildman–Crippen LogP) is 15.2. The van der Waals surface area contributed by atoms with E-state index in [1.54, 1.807) is 22.3 Å². The number of ether oxygens (including phenoxy) is 4. The SMILES string of the molecule is CC(F)COC(=O)OCC12CC3CC(CC(C3)C1)C2.CCOC(=O)OCC12CC3CC(CC(C3)C1)C2.Cc1c(C2CCCCC2)cc(C2CCCCC2)cc1C1CCCCC1. The maximum Gasteiger partial charge on any atom is 0.508 e. The number of carbonyl (C=O) groups excluding carboxylic acids is 2. The molecule has 0 amide bonds. The Morgan fingerprint density at radius 1 is 0.557 bits per heavy atom. The molecule has 11 saturated carbocycles. The molecular weight excluding hydrogens is 764 g/mol. The normalized spacial score (nSPS) is 34.7. The Kier molecular flexibility index (Phi) is 15.3. The first kappa shape index (κ1) is 45.3. The van der Waals surface area contributed by atoms with Gasteiger partial charge in [-0.15, -0.1) is 0 Å². The van der Waals surface area contributed by atoms with Crippen molar-refractivity contribution < 1.29 is 32.9 Å². The minimum Gasteiger partial charge on any atom is -0.435 e. The molecule has 1 aromatic carbocycles. The van der Waals surface area contributed by atoms with E-state index in [1.807, 2.05) is 6.92 Å². The molecule has 0 N–H and O–H groups in total. The Morgan fingerprint density at radius 2 is 0.902 bits per heavy atom. The molecule has 6 nitrogen and oxygen atoms in total. The fourth-order valence-electron chi connectivity index (χ4n) is 15.9. The van der Waals surface area contributed by atoms with Crippen molar-refractivity contribution in [1.29, 1.82) is 0 Å². The maximum atomic E-state index is 12.6. The lowest BCUT2D eigenvalue weighted by atomic mass is 9.50. The Morgan fingerprint density at radius 3 is 1.25 bits per heavy atom. The average molecular weight is 847 g/mol. The molecule has 342 valence electrons. The quantitative estimate of drug-likeness (QED) is 0.218. The molecule has 12 rings (SSSR count). The third-order valence-corrected chi connectivity index (χ3v) is 17.7. The van der Waals surface area contributed by atoms with Crippen LogP contribution in [0.3, 0.4) is 0 Å². The molecule has 11 aliphatic carbocycles. The molecule has 11 aliphatic rings. The van der Waals surface area contributed by atoms with Crippen LogP contribution >= 0.6 is 0 Å². The monoisotopic (exact) mass is 847 g/mol. The highest BCUT2D eigenvalue weighted by atomic mass is 19.1. The Hall–Kier alpha value is -2.31. The molecule has 1 unspecified atom stereocenters. The van der Waals surface area contributed by atoms with Crippen molar-refractivity contribution in [2.75, 3.05) is 26.4 Å². The fourth-order valence-corrected chi connectivity index (χ4v) is 15.9. The highest BCUT2D eigenvalue weighted by Gasteiger charge is 2.52. The number of rotatable bonds is 10. The van der Waals surface area contributed by atoms with Gasteiger partial charge in [-0.2, -0.15) is 0 Å². The minimum atomic E-state index is -1.13. The molecule has 8 bridgehead atoms. The van der Waals surface area contributed by atoms with Crippen LogP contribution in [0, 0.1) is 53.3 Å². The van der Waals surface area contributed by atoms with Gasteiger partial charge in [0.05, 0.1) is 6.61 Å². The molecule has 0 aliphatic heterocycles. The second kappa shape index (κ2) is 20.7. The molecule has 0 spiro atoms. The lowest BCUT2D eigenvalue weighted by molar-refractivity contribution is -0.0906. The van der Waals surface area contributed by atoms with E-state index in [-0.39, 0.29) is 12.0 Å². The van der Waals surface area contributed by atoms with Crippen LogP contribution in [-0.2, 0) is 18.9 Å². The largest absolute Gasteiger partial charge is 0.508 e. The number of benzene rings is 1. The summed E-state index contributed by atoms with van der Waals surface area (Å²) in [5.41, 5.74) is 7.47. The summed E-state index contributed by atoms with van der Waals surface area (Å²) in [4.78, 5) is 22.7. The zero-order valence-electron chi connectivity index (χ0n) is 38.7. The van der Waals surface area contributed by atoms with Crippen molar-refractivity contribution in [3.63, 3.8) is 0 Å². The van der Waals surface area contributed by atoms with Crippen molar-refractivity contribution in [1.82, 2.24) is 0 Å². The molecule has 1 aromatic rings. The molecule has 0 saturated heterocycles. The van der Waals surface area contributed by atoms with E-state index in [0.29, 0.717) is 25.2 Å².